The maximum Gasteiger partial charge on any atom is 0.212 e. The van der Waals surface area contributed by atoms with Crippen LogP contribution in [0.2, 0.25) is 0 Å². The molecule has 0 fully saturated rings. The molecule has 0 spiro atoms. The Kier molecular flexibility index (Phi) is 3.43. The van der Waals surface area contributed by atoms with Gasteiger partial charge in [-0.05, 0) is 19.1 Å². The van der Waals surface area contributed by atoms with Crippen LogP contribution in [0.5, 0.6) is 5.75 Å². The molecule has 1 aromatic heterocycles. The lowest BCUT2D eigenvalue weighted by Crippen LogP contribution is -2.21. The number of hydrogen-bond acceptors (Lipinski definition) is 4. The van der Waals surface area contributed by atoms with Crippen LogP contribution in [-0.2, 0) is 10.0 Å². The van der Waals surface area contributed by atoms with E-state index in [1.807, 2.05) is 0 Å². The zero-order chi connectivity index (χ0) is 10.6. The van der Waals surface area contributed by atoms with Crippen LogP contribution in [0.4, 0.5) is 0 Å². The number of ether oxygens (including phenoxy) is 1. The second kappa shape index (κ2) is 4.39. The number of primary sulfonamides is 1. The Morgan fingerprint density at radius 2 is 2.29 bits per heavy atom. The van der Waals surface area contributed by atoms with Crippen molar-refractivity contribution in [2.45, 2.75) is 6.92 Å². The molecular formula is C8H12N2O3S. The Balaban J connectivity index is 2.51. The molecule has 1 heterocycles. The first-order chi connectivity index (χ1) is 6.49. The van der Waals surface area contributed by atoms with E-state index >= 15 is 0 Å². The summed E-state index contributed by atoms with van der Waals surface area (Å²) < 4.78 is 26.4. The number of hydrogen-bond donors (Lipinski definition) is 1. The van der Waals surface area contributed by atoms with E-state index in [2.05, 4.69) is 4.98 Å². The second-order valence-electron chi connectivity index (χ2n) is 2.80. The number of aryl methyl sites for hydroxylation is 1. The first-order valence-electron chi connectivity index (χ1n) is 4.04. The maximum absolute atomic E-state index is 10.6. The molecule has 0 unspecified atom stereocenters. The molecule has 0 aliphatic heterocycles. The Morgan fingerprint density at radius 1 is 1.57 bits per heavy atom. The number of aromatic nitrogens is 1. The van der Waals surface area contributed by atoms with Gasteiger partial charge in [-0.25, -0.2) is 13.6 Å². The zero-order valence-electron chi connectivity index (χ0n) is 7.80. The molecule has 0 aromatic carbocycles. The minimum Gasteiger partial charge on any atom is -0.491 e. The van der Waals surface area contributed by atoms with Crippen LogP contribution in [0.15, 0.2) is 18.3 Å². The lowest BCUT2D eigenvalue weighted by Gasteiger charge is -2.06. The summed E-state index contributed by atoms with van der Waals surface area (Å²) in [6.45, 7) is 1.83. The summed E-state index contributed by atoms with van der Waals surface area (Å²) in [4.78, 5) is 3.99. The lowest BCUT2D eigenvalue weighted by molar-refractivity contribution is 0.337. The predicted octanol–water partition coefficient (Wildman–Crippen LogP) is 0.0573. The molecule has 2 N–H and O–H groups in total. The van der Waals surface area contributed by atoms with E-state index < -0.39 is 10.0 Å². The molecular weight excluding hydrogens is 204 g/mol. The largest absolute Gasteiger partial charge is 0.491 e. The number of pyridine rings is 1. The fourth-order valence-electron chi connectivity index (χ4n) is 0.890. The average Bonchev–Trinajstić information content (AvgIpc) is 2.06. The van der Waals surface area contributed by atoms with Crippen molar-refractivity contribution in [3.05, 3.63) is 24.0 Å². The van der Waals surface area contributed by atoms with E-state index in [0.29, 0.717) is 5.75 Å². The van der Waals surface area contributed by atoms with Crippen LogP contribution in [0.3, 0.4) is 0 Å². The minimum atomic E-state index is -3.45. The highest BCUT2D eigenvalue weighted by Crippen LogP contribution is 2.12. The van der Waals surface area contributed by atoms with E-state index in [1.165, 1.54) is 0 Å². The maximum atomic E-state index is 10.6. The van der Waals surface area contributed by atoms with Crippen molar-refractivity contribution >= 4 is 10.0 Å². The summed E-state index contributed by atoms with van der Waals surface area (Å²) >= 11 is 0. The summed E-state index contributed by atoms with van der Waals surface area (Å²) in [7, 11) is -3.45. The third-order valence-corrected chi connectivity index (χ3v) is 2.32. The minimum absolute atomic E-state index is 0.0470. The van der Waals surface area contributed by atoms with Crippen LogP contribution < -0.4 is 9.88 Å². The van der Waals surface area contributed by atoms with E-state index in [4.69, 9.17) is 9.88 Å². The van der Waals surface area contributed by atoms with E-state index in [-0.39, 0.29) is 12.4 Å². The van der Waals surface area contributed by atoms with Crippen molar-refractivity contribution in [1.29, 1.82) is 0 Å². The summed E-state index contributed by atoms with van der Waals surface area (Å²) in [6.07, 6.45) is 1.64. The van der Waals surface area contributed by atoms with Gasteiger partial charge in [-0.15, -0.1) is 0 Å². The first-order valence-corrected chi connectivity index (χ1v) is 5.75. The van der Waals surface area contributed by atoms with Gasteiger partial charge in [0.2, 0.25) is 10.0 Å². The van der Waals surface area contributed by atoms with Crippen molar-refractivity contribution < 1.29 is 13.2 Å². The molecule has 0 aliphatic rings. The van der Waals surface area contributed by atoms with Crippen LogP contribution in [0.1, 0.15) is 5.69 Å². The highest BCUT2D eigenvalue weighted by atomic mass is 32.2. The number of nitrogens with two attached hydrogens (primary N) is 1. The van der Waals surface area contributed by atoms with Crippen LogP contribution in [0, 0.1) is 6.92 Å². The average molecular weight is 216 g/mol. The summed E-state index contributed by atoms with van der Waals surface area (Å²) in [5.41, 5.74) is 0.724. The van der Waals surface area contributed by atoms with Gasteiger partial charge >= 0.3 is 0 Å². The summed E-state index contributed by atoms with van der Waals surface area (Å²) in [5.74, 6) is 0.387. The quantitative estimate of drug-likeness (QED) is 0.771. The molecule has 0 saturated heterocycles. The summed E-state index contributed by atoms with van der Waals surface area (Å²) in [6, 6.07) is 3.45. The lowest BCUT2D eigenvalue weighted by atomic mass is 10.3. The van der Waals surface area contributed by atoms with Gasteiger partial charge in [0.25, 0.3) is 0 Å². The Bertz CT molecular complexity index is 403. The normalized spacial score (nSPS) is 11.3. The number of rotatable bonds is 4. The molecule has 0 radical (unpaired) electrons. The fourth-order valence-corrected chi connectivity index (χ4v) is 1.21. The van der Waals surface area contributed by atoms with E-state index in [0.717, 1.165) is 5.69 Å². The predicted molar refractivity (Wildman–Crippen MR) is 52.4 cm³/mol. The molecule has 1 rings (SSSR count). The monoisotopic (exact) mass is 216 g/mol. The molecule has 0 amide bonds. The molecule has 0 bridgehead atoms. The van der Waals surface area contributed by atoms with Gasteiger partial charge in [-0.1, -0.05) is 0 Å². The van der Waals surface area contributed by atoms with Crippen molar-refractivity contribution in [2.24, 2.45) is 5.14 Å². The van der Waals surface area contributed by atoms with Crippen molar-refractivity contribution in [3.63, 3.8) is 0 Å². The van der Waals surface area contributed by atoms with Gasteiger partial charge in [-0.3, -0.25) is 4.98 Å². The number of nitrogens with zero attached hydrogens (tertiary/aromatic N) is 1. The number of sulfonamides is 1. The molecule has 0 aliphatic carbocycles. The molecule has 0 saturated carbocycles. The van der Waals surface area contributed by atoms with Gasteiger partial charge in [0.1, 0.15) is 12.4 Å². The highest BCUT2D eigenvalue weighted by molar-refractivity contribution is 7.89. The molecule has 0 atom stereocenters. The molecule has 78 valence electrons. The Hall–Kier alpha value is -1.14. The smallest absolute Gasteiger partial charge is 0.212 e. The van der Waals surface area contributed by atoms with Crippen LogP contribution >= 0.6 is 0 Å². The van der Waals surface area contributed by atoms with Crippen LogP contribution in [-0.4, -0.2) is 25.8 Å². The fraction of sp³-hybridized carbons (Fsp3) is 0.375. The first kappa shape index (κ1) is 10.9. The Morgan fingerprint density at radius 3 is 2.86 bits per heavy atom. The second-order valence-corrected chi connectivity index (χ2v) is 4.54. The van der Waals surface area contributed by atoms with E-state index in [1.54, 1.807) is 25.3 Å². The van der Waals surface area contributed by atoms with Crippen molar-refractivity contribution in [1.82, 2.24) is 4.98 Å². The van der Waals surface area contributed by atoms with Gasteiger partial charge in [0, 0.05) is 6.20 Å². The zero-order valence-corrected chi connectivity index (χ0v) is 8.62. The molecule has 5 nitrogen and oxygen atoms in total. The summed E-state index contributed by atoms with van der Waals surface area (Å²) in [5, 5.41) is 4.81. The Labute approximate surface area is 83.0 Å². The molecule has 6 heteroatoms. The third-order valence-electron chi connectivity index (χ3n) is 1.58. The van der Waals surface area contributed by atoms with Gasteiger partial charge in [0.05, 0.1) is 11.4 Å². The highest BCUT2D eigenvalue weighted by Gasteiger charge is 2.04. The topological polar surface area (TPSA) is 82.3 Å². The van der Waals surface area contributed by atoms with Crippen molar-refractivity contribution in [3.8, 4) is 5.75 Å². The van der Waals surface area contributed by atoms with Crippen LogP contribution in [0.25, 0.3) is 0 Å². The third kappa shape index (κ3) is 3.71. The van der Waals surface area contributed by atoms with Crippen molar-refractivity contribution in [2.75, 3.05) is 12.4 Å². The molecule has 14 heavy (non-hydrogen) atoms. The molecule has 1 aromatic rings. The van der Waals surface area contributed by atoms with Gasteiger partial charge in [-0.2, -0.15) is 0 Å². The van der Waals surface area contributed by atoms with Gasteiger partial charge in [0.15, 0.2) is 0 Å². The van der Waals surface area contributed by atoms with Gasteiger partial charge < -0.3 is 4.74 Å². The van der Waals surface area contributed by atoms with E-state index in [9.17, 15) is 8.42 Å². The standard InChI is InChI=1S/C8H12N2O3S/c1-7-8(3-2-4-10-7)13-5-6-14(9,11)12/h2-4H,5-6H2,1H3,(H2,9,11,12). The SMILES string of the molecule is Cc1ncccc1OCCS(N)(=O)=O.